The Morgan fingerprint density at radius 3 is 2.63 bits per heavy atom. The number of anilines is 1. The molecule has 0 aliphatic heterocycles. The van der Waals surface area contributed by atoms with E-state index in [0.29, 0.717) is 10.9 Å². The minimum absolute atomic E-state index is 0.0624. The van der Waals surface area contributed by atoms with Gasteiger partial charge in [0.05, 0.1) is 12.8 Å². The van der Waals surface area contributed by atoms with Crippen molar-refractivity contribution in [3.63, 3.8) is 0 Å². The summed E-state index contributed by atoms with van der Waals surface area (Å²) in [5.74, 6) is -0.687. The molecule has 2 aromatic heterocycles. The van der Waals surface area contributed by atoms with Gasteiger partial charge in [0, 0.05) is 5.39 Å². The summed E-state index contributed by atoms with van der Waals surface area (Å²) in [7, 11) is 1.17. The van der Waals surface area contributed by atoms with Crippen LogP contribution in [0.4, 0.5) is 18.9 Å². The number of pyridine rings is 1. The van der Waals surface area contributed by atoms with Gasteiger partial charge >= 0.3 is 12.1 Å². The predicted octanol–water partition coefficient (Wildman–Crippen LogP) is 2.99. The molecule has 0 amide bonds. The van der Waals surface area contributed by atoms with Crippen molar-refractivity contribution in [2.45, 2.75) is 13.1 Å². The molecule has 102 valence electrons. The van der Waals surface area contributed by atoms with E-state index in [1.54, 1.807) is 0 Å². The minimum Gasteiger partial charge on any atom is -0.465 e. The molecule has 0 spiro atoms. The van der Waals surface area contributed by atoms with E-state index in [1.807, 2.05) is 0 Å². The number of carbonyl (C=O) groups excluding carboxylic acids is 1. The number of nitrogens with zero attached hydrogens (tertiary/aromatic N) is 1. The van der Waals surface area contributed by atoms with Gasteiger partial charge in [-0.15, -0.1) is 11.3 Å². The van der Waals surface area contributed by atoms with Crippen LogP contribution in [0.5, 0.6) is 0 Å². The lowest BCUT2D eigenvalue weighted by molar-refractivity contribution is -0.141. The molecule has 8 heteroatoms. The number of alkyl halides is 3. The molecule has 0 unspecified atom stereocenters. The third-order valence-corrected chi connectivity index (χ3v) is 3.64. The zero-order valence-electron chi connectivity index (χ0n) is 9.96. The number of hydrogen-bond acceptors (Lipinski definition) is 5. The van der Waals surface area contributed by atoms with Crippen LogP contribution in [0.15, 0.2) is 6.07 Å². The van der Waals surface area contributed by atoms with Gasteiger partial charge in [-0.3, -0.25) is 0 Å². The average molecular weight is 290 g/mol. The molecule has 0 bridgehead atoms. The molecule has 2 rings (SSSR count). The molecule has 0 aromatic carbocycles. The number of nitrogen functional groups attached to an aromatic ring is 1. The standard InChI is InChI=1S/C11H9F3N2O2S/c1-4-3-5(11(12,13)14)16-9-6(4)7(15)8(19-9)10(17)18-2/h3H,15H2,1-2H3. The molecule has 0 fully saturated rings. The van der Waals surface area contributed by atoms with E-state index in [2.05, 4.69) is 9.72 Å². The van der Waals surface area contributed by atoms with Gasteiger partial charge in [0.25, 0.3) is 0 Å². The Balaban J connectivity index is 2.74. The molecular formula is C11H9F3N2O2S. The fourth-order valence-electron chi connectivity index (χ4n) is 1.70. The summed E-state index contributed by atoms with van der Waals surface area (Å²) >= 11 is 0.790. The molecule has 0 aliphatic rings. The monoisotopic (exact) mass is 290 g/mol. The molecule has 2 aromatic rings. The van der Waals surface area contributed by atoms with Crippen molar-refractivity contribution in [2.75, 3.05) is 12.8 Å². The second-order valence-electron chi connectivity index (χ2n) is 3.84. The van der Waals surface area contributed by atoms with E-state index in [0.717, 1.165) is 17.4 Å². The Morgan fingerprint density at radius 2 is 2.11 bits per heavy atom. The Labute approximate surface area is 110 Å². The lowest BCUT2D eigenvalue weighted by Crippen LogP contribution is -2.08. The van der Waals surface area contributed by atoms with E-state index in [4.69, 9.17) is 5.73 Å². The van der Waals surface area contributed by atoms with E-state index in [-0.39, 0.29) is 15.4 Å². The molecule has 0 saturated heterocycles. The van der Waals surface area contributed by atoms with Gasteiger partial charge in [-0.1, -0.05) is 0 Å². The highest BCUT2D eigenvalue weighted by atomic mass is 32.1. The maximum Gasteiger partial charge on any atom is 0.433 e. The van der Waals surface area contributed by atoms with E-state index in [9.17, 15) is 18.0 Å². The van der Waals surface area contributed by atoms with Crippen molar-refractivity contribution in [1.82, 2.24) is 4.98 Å². The number of rotatable bonds is 1. The van der Waals surface area contributed by atoms with E-state index in [1.165, 1.54) is 14.0 Å². The Morgan fingerprint density at radius 1 is 1.47 bits per heavy atom. The number of fused-ring (bicyclic) bond motifs is 1. The van der Waals surface area contributed by atoms with Crippen molar-refractivity contribution in [3.8, 4) is 0 Å². The van der Waals surface area contributed by atoms with Crippen LogP contribution in [-0.4, -0.2) is 18.1 Å². The largest absolute Gasteiger partial charge is 0.465 e. The molecule has 2 N–H and O–H groups in total. The van der Waals surface area contributed by atoms with Crippen molar-refractivity contribution in [3.05, 3.63) is 22.2 Å². The van der Waals surface area contributed by atoms with Crippen molar-refractivity contribution in [2.24, 2.45) is 0 Å². The lowest BCUT2D eigenvalue weighted by Gasteiger charge is -2.07. The number of carbonyl (C=O) groups is 1. The summed E-state index contributed by atoms with van der Waals surface area (Å²) in [6, 6.07) is 0.909. The summed E-state index contributed by atoms with van der Waals surface area (Å²) in [4.78, 5) is 15.1. The third kappa shape index (κ3) is 2.23. The first kappa shape index (κ1) is 13.6. The molecule has 0 atom stereocenters. The fourth-order valence-corrected chi connectivity index (χ4v) is 2.79. The highest BCUT2D eigenvalue weighted by Crippen LogP contribution is 2.38. The number of hydrogen-bond donors (Lipinski definition) is 1. The normalized spacial score (nSPS) is 11.8. The van der Waals surface area contributed by atoms with Crippen LogP contribution in [0.2, 0.25) is 0 Å². The Bertz CT molecular complexity index is 664. The molecule has 4 nitrogen and oxygen atoms in total. The molecular weight excluding hydrogens is 281 g/mol. The Hall–Kier alpha value is -1.83. The second kappa shape index (κ2) is 4.37. The van der Waals surface area contributed by atoms with Crippen LogP contribution in [0.3, 0.4) is 0 Å². The first-order valence-corrected chi connectivity index (χ1v) is 5.92. The summed E-state index contributed by atoms with van der Waals surface area (Å²) in [5.41, 5.74) is 5.18. The summed E-state index contributed by atoms with van der Waals surface area (Å²) < 4.78 is 42.5. The number of thiophene rings is 1. The molecule has 0 aliphatic carbocycles. The summed E-state index contributed by atoms with van der Waals surface area (Å²) in [5, 5.41) is 0.360. The number of ether oxygens (including phenoxy) is 1. The van der Waals surface area contributed by atoms with Crippen molar-refractivity contribution in [1.29, 1.82) is 0 Å². The zero-order valence-corrected chi connectivity index (χ0v) is 10.8. The van der Waals surface area contributed by atoms with Crippen LogP contribution in [-0.2, 0) is 10.9 Å². The van der Waals surface area contributed by atoms with Crippen LogP contribution >= 0.6 is 11.3 Å². The minimum atomic E-state index is -4.54. The predicted molar refractivity (Wildman–Crippen MR) is 65.1 cm³/mol. The molecule has 0 saturated carbocycles. The van der Waals surface area contributed by atoms with E-state index >= 15 is 0 Å². The first-order chi connectivity index (χ1) is 8.75. The van der Waals surface area contributed by atoms with Crippen molar-refractivity contribution >= 4 is 33.2 Å². The van der Waals surface area contributed by atoms with Gasteiger partial charge in [0.15, 0.2) is 0 Å². The van der Waals surface area contributed by atoms with Gasteiger partial charge < -0.3 is 10.5 Å². The van der Waals surface area contributed by atoms with Gasteiger partial charge in [0.1, 0.15) is 15.4 Å². The van der Waals surface area contributed by atoms with Crippen LogP contribution in [0.1, 0.15) is 20.9 Å². The zero-order chi connectivity index (χ0) is 14.4. The number of esters is 1. The fraction of sp³-hybridized carbons (Fsp3) is 0.273. The SMILES string of the molecule is COC(=O)c1sc2nc(C(F)(F)F)cc(C)c2c1N. The maximum absolute atomic E-state index is 12.6. The Kier molecular flexibility index (Phi) is 3.13. The number of nitrogens with two attached hydrogens (primary N) is 1. The molecule has 2 heterocycles. The van der Waals surface area contributed by atoms with Gasteiger partial charge in [-0.2, -0.15) is 13.2 Å². The highest BCUT2D eigenvalue weighted by Gasteiger charge is 2.34. The topological polar surface area (TPSA) is 65.2 Å². The quantitative estimate of drug-likeness (QED) is 0.820. The first-order valence-electron chi connectivity index (χ1n) is 5.10. The van der Waals surface area contributed by atoms with Gasteiger partial charge in [-0.25, -0.2) is 9.78 Å². The number of aryl methyl sites for hydroxylation is 1. The van der Waals surface area contributed by atoms with Crippen molar-refractivity contribution < 1.29 is 22.7 Å². The summed E-state index contributed by atoms with van der Waals surface area (Å²) in [6.07, 6.45) is -4.54. The second-order valence-corrected chi connectivity index (χ2v) is 4.84. The molecule has 0 radical (unpaired) electrons. The van der Waals surface area contributed by atoms with Gasteiger partial charge in [0.2, 0.25) is 0 Å². The number of methoxy groups -OCH3 is 1. The van der Waals surface area contributed by atoms with Gasteiger partial charge in [-0.05, 0) is 18.6 Å². The average Bonchev–Trinajstić information content (AvgIpc) is 2.65. The third-order valence-electron chi connectivity index (χ3n) is 2.56. The molecule has 19 heavy (non-hydrogen) atoms. The number of halogens is 3. The maximum atomic E-state index is 12.6. The number of aromatic nitrogens is 1. The smallest absolute Gasteiger partial charge is 0.433 e. The van der Waals surface area contributed by atoms with Crippen LogP contribution in [0, 0.1) is 6.92 Å². The van der Waals surface area contributed by atoms with Crippen LogP contribution < -0.4 is 5.73 Å². The van der Waals surface area contributed by atoms with Crippen LogP contribution in [0.25, 0.3) is 10.2 Å². The summed E-state index contributed by atoms with van der Waals surface area (Å²) in [6.45, 7) is 1.49. The van der Waals surface area contributed by atoms with E-state index < -0.39 is 17.8 Å². The highest BCUT2D eigenvalue weighted by molar-refractivity contribution is 7.21. The lowest BCUT2D eigenvalue weighted by atomic mass is 10.1.